The third-order valence-corrected chi connectivity index (χ3v) is 8.14. The van der Waals surface area contributed by atoms with E-state index in [9.17, 15) is 14.4 Å². The molecular weight excluding hydrogens is 807 g/mol. The zero-order valence-corrected chi connectivity index (χ0v) is 38.0. The number of hydrogen-bond donors (Lipinski definition) is 1. The lowest BCUT2D eigenvalue weighted by Gasteiger charge is -2.30. The van der Waals surface area contributed by atoms with Crippen LogP contribution < -0.4 is 0 Å². The number of esters is 2. The van der Waals surface area contributed by atoms with Crippen molar-refractivity contribution < 1.29 is 29.0 Å². The van der Waals surface area contributed by atoms with Crippen LogP contribution in [0, 0.1) is 10.8 Å². The molecule has 3 rings (SSSR count). The fraction of sp³-hybridized carbons (Fsp3) is 0.540. The van der Waals surface area contributed by atoms with Crippen LogP contribution in [0.15, 0.2) is 97.6 Å². The Kier molecular flexibility index (Phi) is 34.2. The summed E-state index contributed by atoms with van der Waals surface area (Å²) >= 11 is 3.22. The van der Waals surface area contributed by atoms with Crippen molar-refractivity contribution >= 4 is 49.8 Å². The highest BCUT2D eigenvalue weighted by Gasteiger charge is 2.34. The Morgan fingerprint density at radius 3 is 1.12 bits per heavy atom. The molecule has 0 heterocycles. The Bertz CT molecular complexity index is 1520. The molecule has 2 atom stereocenters. The lowest BCUT2D eigenvalue weighted by Crippen LogP contribution is -2.34. The first-order chi connectivity index (χ1) is 24.1. The third kappa shape index (κ3) is 29.9. The minimum absolute atomic E-state index is 0. The van der Waals surface area contributed by atoms with Crippen molar-refractivity contribution in [3.05, 3.63) is 114 Å². The molecule has 3 aromatic carbocycles. The summed E-state index contributed by atoms with van der Waals surface area (Å²) in [5, 5.41) is 9.04. The molecule has 0 bridgehead atoms. The highest BCUT2D eigenvalue weighted by molar-refractivity contribution is 9.10. The number of ether oxygens (including phenoxy) is 2. The number of rotatable bonds is 10. The van der Waals surface area contributed by atoms with E-state index in [2.05, 4.69) is 48.5 Å². The predicted octanol–water partition coefficient (Wildman–Crippen LogP) is 15.8. The first-order valence-corrected chi connectivity index (χ1v) is 19.1. The molecular formula is C50H84BrO6P-2. The Morgan fingerprint density at radius 2 is 0.879 bits per heavy atom. The zero-order chi connectivity index (χ0) is 41.3. The summed E-state index contributed by atoms with van der Waals surface area (Å²) in [6.07, 6.45) is 3.28. The molecule has 0 spiro atoms. The molecule has 0 aliphatic heterocycles. The normalized spacial score (nSPS) is 11.7. The fourth-order valence-electron chi connectivity index (χ4n) is 4.91. The SMILES string of the molecule is C.C.C.C.C=Cc1ccccc1.CC(C)(C)OC(=O)C(C)(C)Br.CC(CC(C)(C)C(=O)O)c1ccccc1.CC(CC(C)(C)C(=O)OC(C)(C)C)c1ccccc1.[PH-2]. The second kappa shape index (κ2) is 29.9. The van der Waals surface area contributed by atoms with Crippen molar-refractivity contribution in [1.82, 2.24) is 0 Å². The van der Waals surface area contributed by atoms with Gasteiger partial charge in [-0.25, -0.2) is 0 Å². The highest BCUT2D eigenvalue weighted by atomic mass is 79.9. The van der Waals surface area contributed by atoms with Crippen LogP contribution in [0.25, 0.3) is 6.08 Å². The average Bonchev–Trinajstić information content (AvgIpc) is 3.04. The van der Waals surface area contributed by atoms with Crippen LogP contribution in [0.3, 0.4) is 0 Å². The van der Waals surface area contributed by atoms with Crippen molar-refractivity contribution in [2.75, 3.05) is 0 Å². The summed E-state index contributed by atoms with van der Waals surface area (Å²) in [5.74, 6) is -0.473. The molecule has 2 unspecified atom stereocenters. The van der Waals surface area contributed by atoms with E-state index in [1.165, 1.54) is 16.7 Å². The summed E-state index contributed by atoms with van der Waals surface area (Å²) in [7, 11) is 0. The van der Waals surface area contributed by atoms with E-state index in [4.69, 9.17) is 14.6 Å². The maximum Gasteiger partial charge on any atom is 0.322 e. The van der Waals surface area contributed by atoms with Crippen molar-refractivity contribution in [2.45, 2.75) is 167 Å². The molecule has 6 nitrogen and oxygen atoms in total. The summed E-state index contributed by atoms with van der Waals surface area (Å²) in [6.45, 7) is 30.1. The Labute approximate surface area is 369 Å². The molecule has 0 aliphatic carbocycles. The fourth-order valence-corrected chi connectivity index (χ4v) is 4.99. The highest BCUT2D eigenvalue weighted by Crippen LogP contribution is 2.34. The minimum Gasteiger partial charge on any atom is -1.51 e. The number of halogens is 1. The number of benzene rings is 3. The second-order valence-corrected chi connectivity index (χ2v) is 19.2. The third-order valence-electron chi connectivity index (χ3n) is 7.82. The van der Waals surface area contributed by atoms with Gasteiger partial charge in [0.15, 0.2) is 0 Å². The number of carbonyl (C=O) groups excluding carboxylic acids is 2. The molecule has 3 aromatic rings. The first kappa shape index (κ1) is 66.5. The van der Waals surface area contributed by atoms with Crippen LogP contribution in [0.4, 0.5) is 0 Å². The van der Waals surface area contributed by atoms with Gasteiger partial charge in [-0.1, -0.05) is 163 Å². The minimum atomic E-state index is -0.731. The molecule has 1 N–H and O–H groups in total. The van der Waals surface area contributed by atoms with Gasteiger partial charge < -0.3 is 24.5 Å². The number of hydrogen-bond acceptors (Lipinski definition) is 5. The summed E-state index contributed by atoms with van der Waals surface area (Å²) in [6, 6.07) is 30.4. The summed E-state index contributed by atoms with van der Waals surface area (Å²) < 4.78 is 10.0. The van der Waals surface area contributed by atoms with Gasteiger partial charge in [0.2, 0.25) is 0 Å². The molecule has 0 amide bonds. The van der Waals surface area contributed by atoms with Gasteiger partial charge in [-0.15, -0.1) is 0 Å². The van der Waals surface area contributed by atoms with E-state index in [1.807, 2.05) is 140 Å². The van der Waals surface area contributed by atoms with E-state index < -0.39 is 32.3 Å². The number of carboxylic acids is 1. The monoisotopic (exact) mass is 891 g/mol. The smallest absolute Gasteiger partial charge is 0.322 e. The van der Waals surface area contributed by atoms with Crippen LogP contribution in [0.5, 0.6) is 0 Å². The van der Waals surface area contributed by atoms with Crippen molar-refractivity contribution in [1.29, 1.82) is 0 Å². The second-order valence-electron chi connectivity index (χ2n) is 17.2. The van der Waals surface area contributed by atoms with Crippen molar-refractivity contribution in [3.63, 3.8) is 0 Å². The predicted molar refractivity (Wildman–Crippen MR) is 261 cm³/mol. The van der Waals surface area contributed by atoms with Crippen LogP contribution in [-0.2, 0) is 23.9 Å². The molecule has 0 aliphatic rings. The standard InChI is InChI=1S/C17H26O2.C13H18O2.C8H15BrO2.C8H8.4CH4.HP/c1-13(14-10-8-7-9-11-14)12-17(5,6)15(18)19-16(2,3)4;1-10(9-13(2,3)12(14)15)11-7-5-4-6-8-11;1-7(2,3)11-6(10)8(4,5)9;1-2-8-6-4-3-5-7-8;;;;;/h7-11,13H,12H2,1-6H3;4-8,10H,9H2,1-3H3,(H,14,15);1-5H3;2-7H,1H2;4*1H4;1H/q;;;;;;;;-2. The maximum atomic E-state index is 12.2. The topological polar surface area (TPSA) is 89.9 Å². The van der Waals surface area contributed by atoms with E-state index in [1.54, 1.807) is 27.7 Å². The maximum absolute atomic E-state index is 12.2. The zero-order valence-electron chi connectivity index (χ0n) is 35.4. The molecule has 0 radical (unpaired) electrons. The summed E-state index contributed by atoms with van der Waals surface area (Å²) in [4.78, 5) is 34.4. The lowest BCUT2D eigenvalue weighted by molar-refractivity contribution is -0.166. The molecule has 58 heavy (non-hydrogen) atoms. The van der Waals surface area contributed by atoms with Crippen molar-refractivity contribution in [2.24, 2.45) is 10.8 Å². The van der Waals surface area contributed by atoms with E-state index in [0.717, 1.165) is 6.42 Å². The van der Waals surface area contributed by atoms with Gasteiger partial charge >= 0.3 is 17.9 Å². The quantitative estimate of drug-likeness (QED) is 0.124. The van der Waals surface area contributed by atoms with Crippen LogP contribution >= 0.6 is 25.8 Å². The van der Waals surface area contributed by atoms with E-state index in [0.29, 0.717) is 12.3 Å². The number of carboxylic acid groups (broad SMARTS) is 1. The first-order valence-electron chi connectivity index (χ1n) is 18.3. The van der Waals surface area contributed by atoms with Crippen LogP contribution in [-0.4, -0.2) is 38.5 Å². The Hall–Kier alpha value is -3.28. The van der Waals surface area contributed by atoms with Crippen LogP contribution in [0.1, 0.15) is 168 Å². The van der Waals surface area contributed by atoms with Gasteiger partial charge in [0, 0.05) is 0 Å². The largest absolute Gasteiger partial charge is 1.51 e. The lowest BCUT2D eigenvalue weighted by atomic mass is 9.80. The van der Waals surface area contributed by atoms with Gasteiger partial charge in [0.05, 0.1) is 10.8 Å². The Morgan fingerprint density at radius 1 is 0.586 bits per heavy atom. The molecule has 0 aromatic heterocycles. The molecule has 0 saturated carbocycles. The molecule has 0 saturated heterocycles. The van der Waals surface area contributed by atoms with Crippen LogP contribution in [0.2, 0.25) is 0 Å². The number of aliphatic carboxylic acids is 1. The average molecular weight is 892 g/mol. The molecule has 334 valence electrons. The van der Waals surface area contributed by atoms with Gasteiger partial charge in [0.25, 0.3) is 0 Å². The number of alkyl halides is 1. The van der Waals surface area contributed by atoms with E-state index >= 15 is 0 Å². The summed E-state index contributed by atoms with van der Waals surface area (Å²) in [5.41, 5.74) is 1.68. The van der Waals surface area contributed by atoms with Gasteiger partial charge in [-0.3, -0.25) is 14.4 Å². The van der Waals surface area contributed by atoms with E-state index in [-0.39, 0.29) is 57.5 Å². The van der Waals surface area contributed by atoms with Gasteiger partial charge in [-0.2, -0.15) is 0 Å². The number of carbonyl (C=O) groups is 3. The van der Waals surface area contributed by atoms with Gasteiger partial charge in [-0.05, 0) is 124 Å². The Balaban J connectivity index is -0.000000157. The van der Waals surface area contributed by atoms with Gasteiger partial charge in [0.1, 0.15) is 15.5 Å². The van der Waals surface area contributed by atoms with Crippen molar-refractivity contribution in [3.8, 4) is 0 Å². The molecule has 8 heteroatoms. The molecule has 0 fully saturated rings.